The fourth-order valence-corrected chi connectivity index (χ4v) is 13.9. The standard InChI is InChI=1S/C85H158O17P2/c1-5-9-13-17-21-25-29-33-37-39-43-46-50-54-58-62-66-70-83(88)96-76-81(102-85(90)72-68-64-60-56-52-48-44-40-38-34-30-26-22-18-14-10-6-2)78-100-104(93,94)98-74-79(86)73-97-103(91,92)99-77-80(101-84(89)71-67-63-59-55-51-47-42-36-32-28-24-20-16-12-8-4)75-95-82(87)69-65-61-57-53-49-45-41-35-31-27-23-19-15-11-7-3/h21,25,33,37,43,46,54,58,79-81,86H,5-20,22-24,26-32,34-36,38-42,44-45,47-53,55-57,59-78H2,1-4H3,(H,91,92)(H,93,94)/b25-21-,37-33-,46-43-,58-54-/t79-,80+,81+/m0/s1. The van der Waals surface area contributed by atoms with E-state index in [1.807, 2.05) is 12.2 Å². The maximum Gasteiger partial charge on any atom is 0.472 e. The highest BCUT2D eigenvalue weighted by Crippen LogP contribution is 2.45. The molecule has 0 saturated carbocycles. The Labute approximate surface area is 636 Å². The van der Waals surface area contributed by atoms with Crippen molar-refractivity contribution >= 4 is 39.5 Å². The van der Waals surface area contributed by atoms with E-state index in [0.29, 0.717) is 32.1 Å². The third-order valence-corrected chi connectivity index (χ3v) is 20.7. The van der Waals surface area contributed by atoms with Crippen molar-refractivity contribution in [2.75, 3.05) is 39.6 Å². The number of esters is 4. The molecule has 0 fully saturated rings. The Hall–Kier alpha value is -2.98. The van der Waals surface area contributed by atoms with E-state index in [1.165, 1.54) is 231 Å². The van der Waals surface area contributed by atoms with Gasteiger partial charge in [-0.15, -0.1) is 0 Å². The van der Waals surface area contributed by atoms with Gasteiger partial charge in [-0.1, -0.05) is 372 Å². The third-order valence-electron chi connectivity index (χ3n) is 18.8. The Kier molecular flexibility index (Phi) is 75.9. The van der Waals surface area contributed by atoms with Crippen LogP contribution in [0.5, 0.6) is 0 Å². The molecule has 3 N–H and O–H groups in total. The fourth-order valence-electron chi connectivity index (χ4n) is 12.3. The van der Waals surface area contributed by atoms with E-state index in [9.17, 15) is 43.2 Å². The summed E-state index contributed by atoms with van der Waals surface area (Å²) in [6, 6.07) is 0. The molecule has 0 aliphatic carbocycles. The Bertz CT molecular complexity index is 2150. The van der Waals surface area contributed by atoms with Crippen LogP contribution in [0, 0.1) is 0 Å². The van der Waals surface area contributed by atoms with Crippen LogP contribution in [0.4, 0.5) is 0 Å². The topological polar surface area (TPSA) is 237 Å². The van der Waals surface area contributed by atoms with Crippen molar-refractivity contribution < 1.29 is 80.2 Å². The zero-order valence-corrected chi connectivity index (χ0v) is 68.8. The number of carbonyl (C=O) groups is 4. The summed E-state index contributed by atoms with van der Waals surface area (Å²) < 4.78 is 68.8. The maximum absolute atomic E-state index is 13.1. The molecular formula is C85H158O17P2. The number of hydrogen-bond acceptors (Lipinski definition) is 15. The SMILES string of the molecule is CCCCC/C=C\C/C=C\C/C=C\C/C=C\CCCC(=O)OC[C@H](COP(=O)(O)OC[C@@H](O)COP(=O)(O)OC[C@@H](COC(=O)CCCCCCCCCCCCCCCCC)OC(=O)CCCCCCCCCCCCCCCCC)OC(=O)CCCCCCCCCCCCCCCCCCC. The predicted octanol–water partition coefficient (Wildman–Crippen LogP) is 25.2. The molecule has 19 heteroatoms. The summed E-state index contributed by atoms with van der Waals surface area (Å²) in [6.45, 7) is 4.92. The van der Waals surface area contributed by atoms with E-state index in [4.69, 9.17) is 37.0 Å². The summed E-state index contributed by atoms with van der Waals surface area (Å²) in [5, 5.41) is 10.7. The second kappa shape index (κ2) is 78.2. The highest BCUT2D eigenvalue weighted by atomic mass is 31.2. The van der Waals surface area contributed by atoms with Crippen molar-refractivity contribution in [1.29, 1.82) is 0 Å². The first-order valence-corrected chi connectivity index (χ1v) is 45.9. The third kappa shape index (κ3) is 77.2. The van der Waals surface area contributed by atoms with Crippen molar-refractivity contribution in [3.8, 4) is 0 Å². The second-order valence-electron chi connectivity index (χ2n) is 29.2. The van der Waals surface area contributed by atoms with Gasteiger partial charge < -0.3 is 33.8 Å². The minimum absolute atomic E-state index is 0.0918. The molecule has 0 radical (unpaired) electrons. The summed E-state index contributed by atoms with van der Waals surface area (Å²) in [4.78, 5) is 73.2. The van der Waals surface area contributed by atoms with Gasteiger partial charge in [0.15, 0.2) is 12.2 Å². The lowest BCUT2D eigenvalue weighted by Gasteiger charge is -2.21. The monoisotopic (exact) mass is 1510 g/mol. The molecule has 0 aliphatic heterocycles. The fraction of sp³-hybridized carbons (Fsp3) is 0.859. The lowest BCUT2D eigenvalue weighted by Crippen LogP contribution is -2.30. The van der Waals surface area contributed by atoms with E-state index < -0.39 is 97.5 Å². The van der Waals surface area contributed by atoms with Crippen molar-refractivity contribution in [3.63, 3.8) is 0 Å². The summed E-state index contributed by atoms with van der Waals surface area (Å²) >= 11 is 0. The number of hydrogen-bond donors (Lipinski definition) is 3. The number of unbranched alkanes of at least 4 members (excludes halogenated alkanes) is 48. The van der Waals surface area contributed by atoms with E-state index in [-0.39, 0.29) is 25.7 Å². The minimum atomic E-state index is -4.98. The van der Waals surface area contributed by atoms with Gasteiger partial charge in [-0.25, -0.2) is 9.13 Å². The van der Waals surface area contributed by atoms with Crippen LogP contribution in [0.15, 0.2) is 48.6 Å². The molecule has 0 bridgehead atoms. The molecule has 0 aromatic carbocycles. The molecule has 104 heavy (non-hydrogen) atoms. The van der Waals surface area contributed by atoms with Gasteiger partial charge >= 0.3 is 39.5 Å². The Morgan fingerprint density at radius 3 is 0.760 bits per heavy atom. The summed E-state index contributed by atoms with van der Waals surface area (Å²) in [6.07, 6.45) is 77.9. The molecule has 0 saturated heterocycles. The van der Waals surface area contributed by atoms with Gasteiger partial charge in [0, 0.05) is 25.7 Å². The zero-order chi connectivity index (χ0) is 76.0. The van der Waals surface area contributed by atoms with Crippen LogP contribution in [0.25, 0.3) is 0 Å². The van der Waals surface area contributed by atoms with Gasteiger partial charge in [0.25, 0.3) is 0 Å². The quantitative estimate of drug-likeness (QED) is 0.0169. The lowest BCUT2D eigenvalue weighted by molar-refractivity contribution is -0.161. The molecule has 0 aliphatic rings. The number of aliphatic hydroxyl groups excluding tert-OH is 1. The van der Waals surface area contributed by atoms with Crippen LogP contribution in [0.1, 0.15) is 413 Å². The number of phosphoric ester groups is 2. The van der Waals surface area contributed by atoms with E-state index in [1.54, 1.807) is 0 Å². The molecule has 0 spiro atoms. The van der Waals surface area contributed by atoms with Gasteiger partial charge in [-0.05, 0) is 64.2 Å². The van der Waals surface area contributed by atoms with Gasteiger partial charge in [0.1, 0.15) is 19.3 Å². The zero-order valence-electron chi connectivity index (χ0n) is 67.0. The van der Waals surface area contributed by atoms with Gasteiger partial charge in [-0.3, -0.25) is 37.3 Å². The molecule has 0 amide bonds. The molecule has 0 heterocycles. The smallest absolute Gasteiger partial charge is 0.462 e. The van der Waals surface area contributed by atoms with Crippen molar-refractivity contribution in [3.05, 3.63) is 48.6 Å². The maximum atomic E-state index is 13.1. The second-order valence-corrected chi connectivity index (χ2v) is 32.1. The Morgan fingerprint density at radius 1 is 0.269 bits per heavy atom. The van der Waals surface area contributed by atoms with Gasteiger partial charge in [0.2, 0.25) is 0 Å². The largest absolute Gasteiger partial charge is 0.472 e. The molecule has 0 aromatic rings. The van der Waals surface area contributed by atoms with E-state index >= 15 is 0 Å². The van der Waals surface area contributed by atoms with Crippen molar-refractivity contribution in [1.82, 2.24) is 0 Å². The highest BCUT2D eigenvalue weighted by molar-refractivity contribution is 7.47. The molecular weight excluding hydrogens is 1350 g/mol. The van der Waals surface area contributed by atoms with Gasteiger partial charge in [-0.2, -0.15) is 0 Å². The average Bonchev–Trinajstić information content (AvgIpc) is 0.926. The first-order chi connectivity index (χ1) is 50.7. The summed E-state index contributed by atoms with van der Waals surface area (Å²) in [5.41, 5.74) is 0. The Balaban J connectivity index is 5.35. The van der Waals surface area contributed by atoms with E-state index in [2.05, 4.69) is 64.2 Å². The minimum Gasteiger partial charge on any atom is -0.462 e. The van der Waals surface area contributed by atoms with Gasteiger partial charge in [0.05, 0.1) is 26.4 Å². The van der Waals surface area contributed by atoms with Crippen LogP contribution < -0.4 is 0 Å². The number of allylic oxidation sites excluding steroid dienone is 8. The van der Waals surface area contributed by atoms with Crippen molar-refractivity contribution in [2.45, 2.75) is 431 Å². The van der Waals surface area contributed by atoms with Crippen molar-refractivity contribution in [2.24, 2.45) is 0 Å². The number of aliphatic hydroxyl groups is 1. The van der Waals surface area contributed by atoms with Crippen LogP contribution in [-0.2, 0) is 65.4 Å². The average molecular weight is 1510 g/mol. The molecule has 0 aromatic heterocycles. The van der Waals surface area contributed by atoms with Crippen LogP contribution in [-0.4, -0.2) is 96.7 Å². The number of carbonyl (C=O) groups excluding carboxylic acids is 4. The van der Waals surface area contributed by atoms with Crippen LogP contribution in [0.2, 0.25) is 0 Å². The summed E-state index contributed by atoms with van der Waals surface area (Å²) in [5.74, 6) is -2.19. The summed E-state index contributed by atoms with van der Waals surface area (Å²) in [7, 11) is -9.95. The molecule has 610 valence electrons. The number of rotatable bonds is 82. The molecule has 0 rings (SSSR count). The first-order valence-electron chi connectivity index (χ1n) is 42.9. The first kappa shape index (κ1) is 101. The number of ether oxygens (including phenoxy) is 4. The Morgan fingerprint density at radius 2 is 0.481 bits per heavy atom. The number of phosphoric acid groups is 2. The van der Waals surface area contributed by atoms with E-state index in [0.717, 1.165) is 96.3 Å². The van der Waals surface area contributed by atoms with Crippen LogP contribution in [0.3, 0.4) is 0 Å². The molecule has 17 nitrogen and oxygen atoms in total. The molecule has 2 unspecified atom stereocenters. The lowest BCUT2D eigenvalue weighted by atomic mass is 10.0. The molecule has 5 atom stereocenters. The normalized spacial score (nSPS) is 14.0. The van der Waals surface area contributed by atoms with Crippen LogP contribution >= 0.6 is 15.6 Å². The predicted molar refractivity (Wildman–Crippen MR) is 427 cm³/mol. The highest BCUT2D eigenvalue weighted by Gasteiger charge is 2.30.